The minimum absolute atomic E-state index is 0.0525. The van der Waals surface area contributed by atoms with Gasteiger partial charge in [-0.1, -0.05) is 46.3 Å². The van der Waals surface area contributed by atoms with Crippen LogP contribution in [0.25, 0.3) is 0 Å². The van der Waals surface area contributed by atoms with Crippen LogP contribution in [-0.2, 0) is 16.1 Å². The maximum Gasteiger partial charge on any atom is 0.159 e. The molecule has 0 amide bonds. The van der Waals surface area contributed by atoms with Gasteiger partial charge in [-0.25, -0.2) is 0 Å². The molecule has 0 aliphatic carbocycles. The number of benzene rings is 1. The van der Waals surface area contributed by atoms with Gasteiger partial charge in [0, 0.05) is 0 Å². The Labute approximate surface area is 98.7 Å². The molecule has 1 aliphatic rings. The van der Waals surface area contributed by atoms with E-state index < -0.39 is 0 Å². The summed E-state index contributed by atoms with van der Waals surface area (Å²) in [5.74, 6) is 0. The Bertz CT molecular complexity index is 289. The van der Waals surface area contributed by atoms with E-state index in [9.17, 15) is 0 Å². The lowest BCUT2D eigenvalue weighted by Gasteiger charge is -2.26. The number of hydrogen-bond donors (Lipinski definition) is 0. The molecule has 2 rings (SSSR count). The molecule has 2 nitrogen and oxygen atoms in total. The van der Waals surface area contributed by atoms with Crippen molar-refractivity contribution in [1.29, 1.82) is 0 Å². The van der Waals surface area contributed by atoms with E-state index in [4.69, 9.17) is 9.47 Å². The van der Waals surface area contributed by atoms with Gasteiger partial charge in [-0.3, -0.25) is 0 Å². The van der Waals surface area contributed by atoms with Crippen LogP contribution in [0.1, 0.15) is 24.8 Å². The van der Waals surface area contributed by atoms with E-state index in [2.05, 4.69) is 28.1 Å². The highest BCUT2D eigenvalue weighted by Gasteiger charge is 2.20. The van der Waals surface area contributed by atoms with Crippen LogP contribution in [0.15, 0.2) is 30.3 Å². The Hall–Kier alpha value is -0.380. The zero-order chi connectivity index (χ0) is 10.5. The van der Waals surface area contributed by atoms with Gasteiger partial charge in [0.25, 0.3) is 0 Å². The summed E-state index contributed by atoms with van der Waals surface area (Å²) in [6.07, 6.45) is 3.18. The third kappa shape index (κ3) is 3.59. The van der Waals surface area contributed by atoms with Crippen LogP contribution in [0.5, 0.6) is 0 Å². The van der Waals surface area contributed by atoms with Gasteiger partial charge in [-0.05, 0) is 24.8 Å². The van der Waals surface area contributed by atoms with Gasteiger partial charge in [0.05, 0.1) is 6.61 Å². The zero-order valence-electron chi connectivity index (χ0n) is 8.56. The molecule has 1 aromatic carbocycles. The molecule has 0 bridgehead atoms. The fourth-order valence-electron chi connectivity index (χ4n) is 1.63. The second-order valence-corrected chi connectivity index (χ2v) is 4.72. The molecular weight excluding hydrogens is 256 g/mol. The molecule has 1 fully saturated rings. The minimum atomic E-state index is -0.0525. The van der Waals surface area contributed by atoms with Gasteiger partial charge in [0.1, 0.15) is 5.01 Å². The fraction of sp³-hybridized carbons (Fsp3) is 0.500. The highest BCUT2D eigenvalue weighted by molar-refractivity contribution is 9.09. The zero-order valence-corrected chi connectivity index (χ0v) is 10.2. The van der Waals surface area contributed by atoms with Gasteiger partial charge in [-0.2, -0.15) is 0 Å². The first-order valence-electron chi connectivity index (χ1n) is 5.29. The molecule has 1 aromatic rings. The summed E-state index contributed by atoms with van der Waals surface area (Å²) in [6, 6.07) is 10.2. The van der Waals surface area contributed by atoms with Crippen LogP contribution in [-0.4, -0.2) is 11.3 Å². The van der Waals surface area contributed by atoms with Gasteiger partial charge in [0.15, 0.2) is 6.29 Å². The number of alkyl halides is 1. The Kier molecular flexibility index (Phi) is 4.18. The first-order valence-corrected chi connectivity index (χ1v) is 6.21. The Balaban J connectivity index is 1.78. The highest BCUT2D eigenvalue weighted by atomic mass is 79.9. The summed E-state index contributed by atoms with van der Waals surface area (Å²) < 4.78 is 11.3. The summed E-state index contributed by atoms with van der Waals surface area (Å²) in [6.45, 7) is 0.630. The lowest BCUT2D eigenvalue weighted by Crippen LogP contribution is -2.26. The molecule has 1 aliphatic heterocycles. The maximum atomic E-state index is 5.69. The average Bonchev–Trinajstić information content (AvgIpc) is 2.28. The van der Waals surface area contributed by atoms with E-state index >= 15 is 0 Å². The standard InChI is InChI=1S/C12H15BrO2/c13-11-7-4-8-12(15-11)14-9-10-5-2-1-3-6-10/h1-3,5-6,11-12H,4,7-9H2. The summed E-state index contributed by atoms with van der Waals surface area (Å²) in [5.41, 5.74) is 1.19. The van der Waals surface area contributed by atoms with Crippen LogP contribution in [0.3, 0.4) is 0 Å². The molecule has 0 aromatic heterocycles. The SMILES string of the molecule is BrC1CCCC(OCc2ccccc2)O1. The van der Waals surface area contributed by atoms with E-state index in [0.29, 0.717) is 6.61 Å². The first-order chi connectivity index (χ1) is 7.34. The lowest BCUT2D eigenvalue weighted by atomic mass is 10.2. The van der Waals surface area contributed by atoms with E-state index in [1.165, 1.54) is 5.56 Å². The van der Waals surface area contributed by atoms with Crippen molar-refractivity contribution in [2.24, 2.45) is 0 Å². The van der Waals surface area contributed by atoms with Crippen molar-refractivity contribution in [3.8, 4) is 0 Å². The molecule has 82 valence electrons. The van der Waals surface area contributed by atoms with Gasteiger partial charge >= 0.3 is 0 Å². The third-order valence-electron chi connectivity index (χ3n) is 2.45. The van der Waals surface area contributed by atoms with Crippen LogP contribution < -0.4 is 0 Å². The molecular formula is C12H15BrO2. The average molecular weight is 271 g/mol. The van der Waals surface area contributed by atoms with Gasteiger partial charge in [0.2, 0.25) is 0 Å². The number of ether oxygens (including phenoxy) is 2. The van der Waals surface area contributed by atoms with Crippen molar-refractivity contribution in [3.05, 3.63) is 35.9 Å². The van der Waals surface area contributed by atoms with Crippen molar-refractivity contribution in [3.63, 3.8) is 0 Å². The molecule has 1 saturated heterocycles. The summed E-state index contributed by atoms with van der Waals surface area (Å²) in [5, 5.41) is 0.159. The normalized spacial score (nSPS) is 26.5. The lowest BCUT2D eigenvalue weighted by molar-refractivity contribution is -0.176. The van der Waals surface area contributed by atoms with E-state index in [-0.39, 0.29) is 11.3 Å². The molecule has 2 unspecified atom stereocenters. The van der Waals surface area contributed by atoms with Gasteiger partial charge in [-0.15, -0.1) is 0 Å². The fourth-order valence-corrected chi connectivity index (χ4v) is 2.20. The predicted molar refractivity (Wildman–Crippen MR) is 62.7 cm³/mol. The topological polar surface area (TPSA) is 18.5 Å². The molecule has 1 heterocycles. The molecule has 0 radical (unpaired) electrons. The second kappa shape index (κ2) is 5.64. The van der Waals surface area contributed by atoms with Crippen molar-refractivity contribution in [1.82, 2.24) is 0 Å². The van der Waals surface area contributed by atoms with Crippen molar-refractivity contribution in [2.45, 2.75) is 37.2 Å². The van der Waals surface area contributed by atoms with Crippen LogP contribution in [0, 0.1) is 0 Å². The smallest absolute Gasteiger partial charge is 0.159 e. The second-order valence-electron chi connectivity index (χ2n) is 3.70. The number of hydrogen-bond acceptors (Lipinski definition) is 2. The van der Waals surface area contributed by atoms with Crippen LogP contribution >= 0.6 is 15.9 Å². The Morgan fingerprint density at radius 2 is 2.07 bits per heavy atom. The largest absolute Gasteiger partial charge is 0.348 e. The molecule has 0 spiro atoms. The van der Waals surface area contributed by atoms with Crippen molar-refractivity contribution < 1.29 is 9.47 Å². The molecule has 15 heavy (non-hydrogen) atoms. The van der Waals surface area contributed by atoms with E-state index in [0.717, 1.165) is 19.3 Å². The summed E-state index contributed by atoms with van der Waals surface area (Å²) >= 11 is 3.45. The maximum absolute atomic E-state index is 5.69. The third-order valence-corrected chi connectivity index (χ3v) is 3.12. The minimum Gasteiger partial charge on any atom is -0.348 e. The van der Waals surface area contributed by atoms with E-state index in [1.807, 2.05) is 18.2 Å². The molecule has 0 saturated carbocycles. The number of rotatable bonds is 3. The Morgan fingerprint density at radius 1 is 1.27 bits per heavy atom. The molecule has 0 N–H and O–H groups in total. The van der Waals surface area contributed by atoms with E-state index in [1.54, 1.807) is 0 Å². The van der Waals surface area contributed by atoms with Crippen molar-refractivity contribution >= 4 is 15.9 Å². The predicted octanol–water partition coefficient (Wildman–Crippen LogP) is 3.45. The first kappa shape index (κ1) is 11.1. The van der Waals surface area contributed by atoms with Crippen molar-refractivity contribution in [2.75, 3.05) is 0 Å². The summed E-state index contributed by atoms with van der Waals surface area (Å²) in [7, 11) is 0. The molecule has 3 heteroatoms. The van der Waals surface area contributed by atoms with Gasteiger partial charge < -0.3 is 9.47 Å². The summed E-state index contributed by atoms with van der Waals surface area (Å²) in [4.78, 5) is 0. The van der Waals surface area contributed by atoms with Crippen LogP contribution in [0.4, 0.5) is 0 Å². The Morgan fingerprint density at radius 3 is 2.80 bits per heavy atom. The number of halogens is 1. The highest BCUT2D eigenvalue weighted by Crippen LogP contribution is 2.24. The molecule has 2 atom stereocenters. The van der Waals surface area contributed by atoms with Crippen LogP contribution in [0.2, 0.25) is 0 Å². The monoisotopic (exact) mass is 270 g/mol. The quantitative estimate of drug-likeness (QED) is 0.784.